The summed E-state index contributed by atoms with van der Waals surface area (Å²) in [5, 5.41) is 6.12. The van der Waals surface area contributed by atoms with Crippen molar-refractivity contribution in [3.8, 4) is 5.88 Å². The highest BCUT2D eigenvalue weighted by atomic mass is 35.5. The summed E-state index contributed by atoms with van der Waals surface area (Å²) >= 11 is 12.8. The van der Waals surface area contributed by atoms with Crippen LogP contribution in [0.5, 0.6) is 5.88 Å². The van der Waals surface area contributed by atoms with Crippen molar-refractivity contribution < 1.29 is 4.74 Å². The van der Waals surface area contributed by atoms with Crippen molar-refractivity contribution in [2.45, 2.75) is 19.5 Å². The summed E-state index contributed by atoms with van der Waals surface area (Å²) in [6, 6.07) is 19.7. The van der Waals surface area contributed by atoms with Gasteiger partial charge in [0.05, 0.1) is 13.2 Å². The first-order chi connectivity index (χ1) is 14.7. The first kappa shape index (κ1) is 20.7. The Morgan fingerprint density at radius 1 is 0.933 bits per heavy atom. The Kier molecular flexibility index (Phi) is 6.90. The van der Waals surface area contributed by atoms with Crippen LogP contribution in [0.1, 0.15) is 17.5 Å². The molecule has 4 nitrogen and oxygen atoms in total. The van der Waals surface area contributed by atoms with Gasteiger partial charge < -0.3 is 14.6 Å². The Morgan fingerprint density at radius 3 is 2.53 bits per heavy atom. The van der Waals surface area contributed by atoms with Crippen LogP contribution in [0.2, 0.25) is 10.0 Å². The van der Waals surface area contributed by atoms with E-state index >= 15 is 0 Å². The number of rotatable bonds is 9. The monoisotopic (exact) mass is 439 g/mol. The fourth-order valence-electron chi connectivity index (χ4n) is 3.48. The highest BCUT2D eigenvalue weighted by molar-refractivity contribution is 6.36. The fourth-order valence-corrected chi connectivity index (χ4v) is 3.99. The molecule has 0 aliphatic rings. The van der Waals surface area contributed by atoms with Crippen molar-refractivity contribution in [2.75, 3.05) is 13.2 Å². The molecular formula is C24H23Cl2N3O. The van der Waals surface area contributed by atoms with Crippen molar-refractivity contribution in [3.63, 3.8) is 0 Å². The Labute approximate surface area is 186 Å². The lowest BCUT2D eigenvalue weighted by molar-refractivity contribution is 0.296. The number of nitrogens with zero attached hydrogens (tertiary/aromatic N) is 2. The highest BCUT2D eigenvalue weighted by Crippen LogP contribution is 2.28. The van der Waals surface area contributed by atoms with Gasteiger partial charge in [0, 0.05) is 51.5 Å². The van der Waals surface area contributed by atoms with Gasteiger partial charge >= 0.3 is 0 Å². The molecule has 2 aromatic heterocycles. The molecule has 30 heavy (non-hydrogen) atoms. The van der Waals surface area contributed by atoms with Gasteiger partial charge in [0.25, 0.3) is 0 Å². The third-order valence-electron chi connectivity index (χ3n) is 4.96. The average Bonchev–Trinajstić information content (AvgIpc) is 3.12. The Hall–Kier alpha value is -2.53. The van der Waals surface area contributed by atoms with E-state index in [1.54, 1.807) is 6.20 Å². The molecule has 0 aliphatic carbocycles. The molecule has 2 heterocycles. The number of nitrogens with one attached hydrogen (secondary N) is 1. The van der Waals surface area contributed by atoms with Crippen LogP contribution in [0, 0.1) is 0 Å². The summed E-state index contributed by atoms with van der Waals surface area (Å²) < 4.78 is 7.85. The van der Waals surface area contributed by atoms with E-state index in [0.29, 0.717) is 29.1 Å². The van der Waals surface area contributed by atoms with Gasteiger partial charge in [-0.25, -0.2) is 4.98 Å². The number of ether oxygens (including phenoxy) is 1. The summed E-state index contributed by atoms with van der Waals surface area (Å²) in [6.45, 7) is 2.92. The van der Waals surface area contributed by atoms with Crippen LogP contribution in [0.3, 0.4) is 0 Å². The SMILES string of the molecule is Clc1cccc(Cl)c1Cn1cc(CNCCCOc2ccccn2)c2ccccc21. The van der Waals surface area contributed by atoms with Crippen LogP contribution in [-0.4, -0.2) is 22.7 Å². The maximum Gasteiger partial charge on any atom is 0.213 e. The molecule has 0 amide bonds. The summed E-state index contributed by atoms with van der Waals surface area (Å²) in [7, 11) is 0. The van der Waals surface area contributed by atoms with Crippen LogP contribution in [0.15, 0.2) is 73.1 Å². The van der Waals surface area contributed by atoms with Gasteiger partial charge in [-0.15, -0.1) is 0 Å². The smallest absolute Gasteiger partial charge is 0.213 e. The second kappa shape index (κ2) is 9.98. The van der Waals surface area contributed by atoms with E-state index in [0.717, 1.165) is 25.1 Å². The van der Waals surface area contributed by atoms with Crippen LogP contribution in [0.4, 0.5) is 0 Å². The number of hydrogen-bond donors (Lipinski definition) is 1. The van der Waals surface area contributed by atoms with Crippen molar-refractivity contribution in [3.05, 3.63) is 94.2 Å². The molecule has 0 unspecified atom stereocenters. The minimum Gasteiger partial charge on any atom is -0.478 e. The zero-order valence-electron chi connectivity index (χ0n) is 16.5. The van der Waals surface area contributed by atoms with Crippen molar-refractivity contribution >= 4 is 34.1 Å². The van der Waals surface area contributed by atoms with Crippen LogP contribution >= 0.6 is 23.2 Å². The first-order valence-corrected chi connectivity index (χ1v) is 10.7. The van der Waals surface area contributed by atoms with Crippen LogP contribution in [-0.2, 0) is 13.1 Å². The van der Waals surface area contributed by atoms with Gasteiger partial charge in [-0.2, -0.15) is 0 Å². The number of fused-ring (bicyclic) bond motifs is 1. The molecule has 4 rings (SSSR count). The number of halogens is 2. The third-order valence-corrected chi connectivity index (χ3v) is 5.67. The predicted octanol–water partition coefficient (Wildman–Crippen LogP) is 5.95. The molecule has 154 valence electrons. The number of benzene rings is 2. The third kappa shape index (κ3) is 4.96. The zero-order chi connectivity index (χ0) is 20.8. The molecule has 1 N–H and O–H groups in total. The van der Waals surface area contributed by atoms with Crippen molar-refractivity contribution in [1.29, 1.82) is 0 Å². The van der Waals surface area contributed by atoms with Crippen LogP contribution < -0.4 is 10.1 Å². The summed E-state index contributed by atoms with van der Waals surface area (Å²) in [5.74, 6) is 0.666. The Bertz CT molecular complexity index is 1090. The molecule has 0 spiro atoms. The summed E-state index contributed by atoms with van der Waals surface area (Å²) in [5.41, 5.74) is 3.36. The zero-order valence-corrected chi connectivity index (χ0v) is 18.0. The summed E-state index contributed by atoms with van der Waals surface area (Å²) in [6.07, 6.45) is 4.82. The highest BCUT2D eigenvalue weighted by Gasteiger charge is 2.11. The minimum absolute atomic E-state index is 0.636. The van der Waals surface area contributed by atoms with Crippen molar-refractivity contribution in [1.82, 2.24) is 14.9 Å². The number of para-hydroxylation sites is 1. The molecule has 0 saturated heterocycles. The predicted molar refractivity (Wildman–Crippen MR) is 124 cm³/mol. The molecule has 0 saturated carbocycles. The quantitative estimate of drug-likeness (QED) is 0.327. The fraction of sp³-hybridized carbons (Fsp3) is 0.208. The van der Waals surface area contributed by atoms with Gasteiger partial charge in [0.1, 0.15) is 0 Å². The van der Waals surface area contributed by atoms with E-state index in [4.69, 9.17) is 27.9 Å². The van der Waals surface area contributed by atoms with E-state index in [-0.39, 0.29) is 0 Å². The van der Waals surface area contributed by atoms with E-state index in [9.17, 15) is 0 Å². The van der Waals surface area contributed by atoms with Gasteiger partial charge in [-0.05, 0) is 42.8 Å². The lowest BCUT2D eigenvalue weighted by Gasteiger charge is -2.09. The van der Waals surface area contributed by atoms with Crippen LogP contribution in [0.25, 0.3) is 10.9 Å². The summed E-state index contributed by atoms with van der Waals surface area (Å²) in [4.78, 5) is 4.16. The second-order valence-corrected chi connectivity index (χ2v) is 7.86. The number of aromatic nitrogens is 2. The standard InChI is InChI=1S/C24H23Cl2N3O/c25-21-8-5-9-22(26)20(21)17-29-16-18(19-7-1-2-10-23(19)29)15-27-12-6-14-30-24-11-3-4-13-28-24/h1-5,7-11,13,16,27H,6,12,14-15,17H2. The largest absolute Gasteiger partial charge is 0.478 e. The van der Waals surface area contributed by atoms with Crippen molar-refractivity contribution in [2.24, 2.45) is 0 Å². The van der Waals surface area contributed by atoms with Gasteiger partial charge in [0.15, 0.2) is 0 Å². The number of pyridine rings is 1. The number of hydrogen-bond acceptors (Lipinski definition) is 3. The Morgan fingerprint density at radius 2 is 1.73 bits per heavy atom. The van der Waals surface area contributed by atoms with Gasteiger partial charge in [-0.1, -0.05) is 53.5 Å². The first-order valence-electron chi connectivity index (χ1n) is 9.96. The molecule has 0 aliphatic heterocycles. The maximum absolute atomic E-state index is 6.39. The van der Waals surface area contributed by atoms with E-state index in [2.05, 4.69) is 45.3 Å². The lowest BCUT2D eigenvalue weighted by atomic mass is 10.2. The molecule has 0 bridgehead atoms. The lowest BCUT2D eigenvalue weighted by Crippen LogP contribution is -2.17. The van der Waals surface area contributed by atoms with Gasteiger partial charge in [-0.3, -0.25) is 0 Å². The Balaban J connectivity index is 1.38. The average molecular weight is 440 g/mol. The van der Waals surface area contributed by atoms with E-state index in [1.807, 2.05) is 36.4 Å². The minimum atomic E-state index is 0.636. The van der Waals surface area contributed by atoms with Gasteiger partial charge in [0.2, 0.25) is 5.88 Å². The van der Waals surface area contributed by atoms with E-state index < -0.39 is 0 Å². The molecule has 0 fully saturated rings. The maximum atomic E-state index is 6.39. The normalized spacial score (nSPS) is 11.1. The molecule has 2 aromatic carbocycles. The topological polar surface area (TPSA) is 39.1 Å². The molecular weight excluding hydrogens is 417 g/mol. The molecule has 6 heteroatoms. The molecule has 4 aromatic rings. The molecule has 0 radical (unpaired) electrons. The van der Waals surface area contributed by atoms with E-state index in [1.165, 1.54) is 16.5 Å². The molecule has 0 atom stereocenters. The second-order valence-electron chi connectivity index (χ2n) is 7.05.